The van der Waals surface area contributed by atoms with Crippen molar-refractivity contribution in [3.63, 3.8) is 0 Å². The van der Waals surface area contributed by atoms with Gasteiger partial charge < -0.3 is 15.8 Å². The molecule has 3 aromatic rings. The molecule has 0 bridgehead atoms. The highest BCUT2D eigenvalue weighted by Gasteiger charge is 2.11. The number of thioether (sulfide) groups is 1. The first-order chi connectivity index (χ1) is 9.74. The number of anilines is 1. The van der Waals surface area contributed by atoms with Crippen molar-refractivity contribution in [1.82, 2.24) is 4.98 Å². The highest BCUT2D eigenvalue weighted by atomic mass is 32.2. The van der Waals surface area contributed by atoms with Crippen LogP contribution >= 0.6 is 11.8 Å². The Balaban J connectivity index is 1.71. The van der Waals surface area contributed by atoms with Gasteiger partial charge in [-0.3, -0.25) is 0 Å². The summed E-state index contributed by atoms with van der Waals surface area (Å²) in [4.78, 5) is 3.34. The van der Waals surface area contributed by atoms with Gasteiger partial charge in [0.2, 0.25) is 0 Å². The molecule has 0 radical (unpaired) electrons. The van der Waals surface area contributed by atoms with Gasteiger partial charge >= 0.3 is 0 Å². The molecule has 4 heteroatoms. The molecular weight excluding hydrogens is 268 g/mol. The lowest BCUT2D eigenvalue weighted by Gasteiger charge is -2.12. The van der Waals surface area contributed by atoms with Crippen LogP contribution in [0, 0.1) is 0 Å². The second kappa shape index (κ2) is 5.61. The minimum absolute atomic E-state index is 0.562. The van der Waals surface area contributed by atoms with E-state index in [-0.39, 0.29) is 0 Å². The molecule has 102 valence electrons. The van der Waals surface area contributed by atoms with E-state index in [1.807, 2.05) is 42.5 Å². The average Bonchev–Trinajstić information content (AvgIpc) is 2.88. The number of aliphatic hydroxyl groups is 1. The van der Waals surface area contributed by atoms with E-state index < -0.39 is 6.10 Å². The molecule has 0 aliphatic rings. The average molecular weight is 284 g/mol. The largest absolute Gasteiger partial charge is 0.398 e. The van der Waals surface area contributed by atoms with Crippen LogP contribution in [0.5, 0.6) is 0 Å². The summed E-state index contributed by atoms with van der Waals surface area (Å²) in [6.07, 6.45) is -0.562. The molecule has 0 saturated carbocycles. The highest BCUT2D eigenvalue weighted by molar-refractivity contribution is 7.99. The van der Waals surface area contributed by atoms with Gasteiger partial charge in [-0.15, -0.1) is 11.8 Å². The molecule has 0 spiro atoms. The van der Waals surface area contributed by atoms with E-state index in [0.29, 0.717) is 11.4 Å². The molecule has 1 heterocycles. The number of nitrogens with one attached hydrogen (secondary N) is 1. The van der Waals surface area contributed by atoms with E-state index in [2.05, 4.69) is 17.1 Å². The molecule has 0 aliphatic heterocycles. The summed E-state index contributed by atoms with van der Waals surface area (Å²) >= 11 is 1.60. The van der Waals surface area contributed by atoms with Gasteiger partial charge in [0.25, 0.3) is 0 Å². The number of para-hydroxylation sites is 2. The van der Waals surface area contributed by atoms with E-state index in [0.717, 1.165) is 16.1 Å². The standard InChI is InChI=1S/C16H16N2OS/c17-13-7-3-2-6-12(13)15(19)10-20-16-9-11-5-1-4-8-14(11)18-16/h1-9,15,18-19H,10,17H2. The Labute approximate surface area is 121 Å². The molecule has 3 rings (SSSR count). The highest BCUT2D eigenvalue weighted by Crippen LogP contribution is 2.29. The Morgan fingerprint density at radius 3 is 2.65 bits per heavy atom. The Morgan fingerprint density at radius 1 is 1.10 bits per heavy atom. The predicted octanol–water partition coefficient (Wildman–Crippen LogP) is 3.58. The first-order valence-electron chi connectivity index (χ1n) is 6.47. The Hall–Kier alpha value is -1.91. The third-order valence-electron chi connectivity index (χ3n) is 3.26. The smallest absolute Gasteiger partial charge is 0.0904 e. The lowest BCUT2D eigenvalue weighted by molar-refractivity contribution is 0.205. The maximum absolute atomic E-state index is 10.2. The topological polar surface area (TPSA) is 62.0 Å². The Morgan fingerprint density at radius 2 is 1.85 bits per heavy atom. The lowest BCUT2D eigenvalue weighted by Crippen LogP contribution is -2.04. The van der Waals surface area contributed by atoms with Gasteiger partial charge in [-0.1, -0.05) is 36.4 Å². The number of rotatable bonds is 4. The number of benzene rings is 2. The van der Waals surface area contributed by atoms with E-state index >= 15 is 0 Å². The monoisotopic (exact) mass is 284 g/mol. The number of H-pyrrole nitrogens is 1. The normalized spacial score (nSPS) is 12.7. The van der Waals surface area contributed by atoms with Crippen molar-refractivity contribution in [2.75, 3.05) is 11.5 Å². The zero-order chi connectivity index (χ0) is 13.9. The second-order valence-electron chi connectivity index (χ2n) is 4.68. The number of nitrogen functional groups attached to an aromatic ring is 1. The van der Waals surface area contributed by atoms with Crippen molar-refractivity contribution < 1.29 is 5.11 Å². The molecule has 0 amide bonds. The Kier molecular flexibility index (Phi) is 3.67. The molecule has 2 aromatic carbocycles. The molecule has 0 saturated heterocycles. The van der Waals surface area contributed by atoms with Crippen LogP contribution in [0.15, 0.2) is 59.6 Å². The summed E-state index contributed by atoms with van der Waals surface area (Å²) in [5.41, 5.74) is 8.41. The summed E-state index contributed by atoms with van der Waals surface area (Å²) < 4.78 is 0. The number of aromatic amines is 1. The van der Waals surface area contributed by atoms with Crippen molar-refractivity contribution >= 4 is 28.4 Å². The summed E-state index contributed by atoms with van der Waals surface area (Å²) in [5, 5.41) is 12.5. The third-order valence-corrected chi connectivity index (χ3v) is 4.27. The Bertz CT molecular complexity index is 690. The zero-order valence-corrected chi connectivity index (χ0v) is 11.7. The minimum Gasteiger partial charge on any atom is -0.398 e. The number of aromatic nitrogens is 1. The van der Waals surface area contributed by atoms with Crippen LogP contribution in [0.2, 0.25) is 0 Å². The fourth-order valence-electron chi connectivity index (χ4n) is 2.20. The van der Waals surface area contributed by atoms with Gasteiger partial charge in [0.05, 0.1) is 11.1 Å². The first kappa shape index (κ1) is 13.1. The first-order valence-corrected chi connectivity index (χ1v) is 7.45. The maximum Gasteiger partial charge on any atom is 0.0904 e. The van der Waals surface area contributed by atoms with E-state index in [9.17, 15) is 5.11 Å². The number of hydrogen-bond acceptors (Lipinski definition) is 3. The van der Waals surface area contributed by atoms with Crippen LogP contribution in [-0.2, 0) is 0 Å². The number of hydrogen-bond donors (Lipinski definition) is 3. The van der Waals surface area contributed by atoms with Gasteiger partial charge in [-0.2, -0.15) is 0 Å². The fourth-order valence-corrected chi connectivity index (χ4v) is 3.11. The van der Waals surface area contributed by atoms with Gasteiger partial charge in [0.15, 0.2) is 0 Å². The van der Waals surface area contributed by atoms with Gasteiger partial charge in [0.1, 0.15) is 0 Å². The quantitative estimate of drug-likeness (QED) is 0.507. The molecule has 4 N–H and O–H groups in total. The predicted molar refractivity (Wildman–Crippen MR) is 84.8 cm³/mol. The molecular formula is C16H16N2OS. The van der Waals surface area contributed by atoms with Crippen LogP contribution in [0.4, 0.5) is 5.69 Å². The minimum atomic E-state index is -0.562. The molecule has 3 nitrogen and oxygen atoms in total. The fraction of sp³-hybridized carbons (Fsp3) is 0.125. The van der Waals surface area contributed by atoms with Crippen LogP contribution in [0.3, 0.4) is 0 Å². The summed E-state index contributed by atoms with van der Waals surface area (Å²) in [5.74, 6) is 0.570. The summed E-state index contributed by atoms with van der Waals surface area (Å²) in [6.45, 7) is 0. The maximum atomic E-state index is 10.2. The molecule has 1 unspecified atom stereocenters. The van der Waals surface area contributed by atoms with Gasteiger partial charge in [-0.25, -0.2) is 0 Å². The summed E-state index contributed by atoms with van der Waals surface area (Å²) in [6, 6.07) is 17.7. The third kappa shape index (κ3) is 2.66. The summed E-state index contributed by atoms with van der Waals surface area (Å²) in [7, 11) is 0. The van der Waals surface area contributed by atoms with Crippen molar-refractivity contribution in [1.29, 1.82) is 0 Å². The number of nitrogens with two attached hydrogens (primary N) is 1. The van der Waals surface area contributed by atoms with Crippen LogP contribution in [0.1, 0.15) is 11.7 Å². The van der Waals surface area contributed by atoms with Crippen molar-refractivity contribution in [3.8, 4) is 0 Å². The molecule has 1 atom stereocenters. The van der Waals surface area contributed by atoms with Crippen LogP contribution < -0.4 is 5.73 Å². The number of fused-ring (bicyclic) bond motifs is 1. The van der Waals surface area contributed by atoms with E-state index in [4.69, 9.17) is 5.73 Å². The van der Waals surface area contributed by atoms with Crippen molar-refractivity contribution in [2.45, 2.75) is 11.1 Å². The van der Waals surface area contributed by atoms with E-state index in [1.165, 1.54) is 5.39 Å². The van der Waals surface area contributed by atoms with Gasteiger partial charge in [0, 0.05) is 27.9 Å². The van der Waals surface area contributed by atoms with Crippen molar-refractivity contribution in [3.05, 3.63) is 60.2 Å². The van der Waals surface area contributed by atoms with Crippen LogP contribution in [0.25, 0.3) is 10.9 Å². The molecule has 0 fully saturated rings. The SMILES string of the molecule is Nc1ccccc1C(O)CSc1cc2ccccc2[nH]1. The van der Waals surface area contributed by atoms with Crippen molar-refractivity contribution in [2.24, 2.45) is 0 Å². The van der Waals surface area contributed by atoms with Crippen LogP contribution in [-0.4, -0.2) is 15.8 Å². The molecule has 1 aromatic heterocycles. The lowest BCUT2D eigenvalue weighted by atomic mass is 10.1. The molecule has 20 heavy (non-hydrogen) atoms. The van der Waals surface area contributed by atoms with Gasteiger partial charge in [-0.05, 0) is 18.2 Å². The second-order valence-corrected chi connectivity index (χ2v) is 5.74. The number of aliphatic hydroxyl groups excluding tert-OH is 1. The molecule has 0 aliphatic carbocycles. The zero-order valence-electron chi connectivity index (χ0n) is 10.9. The van der Waals surface area contributed by atoms with E-state index in [1.54, 1.807) is 11.8 Å².